The Balaban J connectivity index is 1.96. The van der Waals surface area contributed by atoms with Gasteiger partial charge in [0.15, 0.2) is 5.11 Å². The van der Waals surface area contributed by atoms with Crippen LogP contribution >= 0.6 is 12.2 Å². The third-order valence-electron chi connectivity index (χ3n) is 3.73. The summed E-state index contributed by atoms with van der Waals surface area (Å²) in [5.74, 6) is -0.262. The van der Waals surface area contributed by atoms with Crippen molar-refractivity contribution in [1.29, 1.82) is 0 Å². The van der Waals surface area contributed by atoms with Crippen LogP contribution in [0.15, 0.2) is 48.5 Å². The maximum absolute atomic E-state index is 12.9. The van der Waals surface area contributed by atoms with Crippen LogP contribution in [0, 0.1) is 5.82 Å². The Kier molecular flexibility index (Phi) is 5.37. The Hall–Kier alpha value is -1.94. The molecule has 1 atom stereocenters. The van der Waals surface area contributed by atoms with E-state index < -0.39 is 0 Å². The molecule has 0 aliphatic rings. The summed E-state index contributed by atoms with van der Waals surface area (Å²) in [6, 6.07) is 14.8. The number of nitrogens with one attached hydrogen (secondary N) is 2. The summed E-state index contributed by atoms with van der Waals surface area (Å²) in [6.07, 6.45) is 0. The van der Waals surface area contributed by atoms with Crippen LogP contribution in [0.3, 0.4) is 0 Å². The van der Waals surface area contributed by atoms with Gasteiger partial charge in [0, 0.05) is 5.69 Å². The number of rotatable bonds is 3. The second kappa shape index (κ2) is 7.09. The van der Waals surface area contributed by atoms with Crippen LogP contribution in [-0.4, -0.2) is 5.11 Å². The molecule has 2 aromatic carbocycles. The first-order chi connectivity index (χ1) is 10.8. The van der Waals surface area contributed by atoms with Crippen molar-refractivity contribution in [3.05, 3.63) is 65.5 Å². The van der Waals surface area contributed by atoms with Gasteiger partial charge >= 0.3 is 0 Å². The molecule has 0 saturated carbocycles. The van der Waals surface area contributed by atoms with Crippen LogP contribution < -0.4 is 10.6 Å². The second-order valence-electron chi connectivity index (χ2n) is 6.70. The van der Waals surface area contributed by atoms with E-state index in [0.29, 0.717) is 5.11 Å². The Labute approximate surface area is 143 Å². The van der Waals surface area contributed by atoms with E-state index in [0.717, 1.165) is 5.69 Å². The highest BCUT2D eigenvalue weighted by molar-refractivity contribution is 7.80. The van der Waals surface area contributed by atoms with Gasteiger partial charge in [-0.15, -0.1) is 0 Å². The molecule has 0 amide bonds. The van der Waals surface area contributed by atoms with Gasteiger partial charge < -0.3 is 10.6 Å². The zero-order valence-corrected chi connectivity index (χ0v) is 14.8. The number of hydrogen-bond acceptors (Lipinski definition) is 1. The number of benzene rings is 2. The second-order valence-corrected chi connectivity index (χ2v) is 7.11. The number of anilines is 1. The Morgan fingerprint density at radius 1 is 1.00 bits per heavy atom. The molecule has 4 heteroatoms. The van der Waals surface area contributed by atoms with Crippen molar-refractivity contribution in [2.24, 2.45) is 0 Å². The molecule has 0 saturated heterocycles. The first-order valence-corrected chi connectivity index (χ1v) is 8.10. The SMILES string of the molecule is C[C@@H](NC(=S)Nc1ccc(F)cc1)c1ccc(C(C)(C)C)cc1. The first-order valence-electron chi connectivity index (χ1n) is 7.69. The third kappa shape index (κ3) is 5.03. The molecule has 2 nitrogen and oxygen atoms in total. The lowest BCUT2D eigenvalue weighted by molar-refractivity contribution is 0.589. The average molecular weight is 330 g/mol. The van der Waals surface area contributed by atoms with Crippen molar-refractivity contribution in [2.45, 2.75) is 39.2 Å². The lowest BCUT2D eigenvalue weighted by atomic mass is 9.86. The van der Waals surface area contributed by atoms with E-state index >= 15 is 0 Å². The molecule has 0 fully saturated rings. The third-order valence-corrected chi connectivity index (χ3v) is 3.95. The number of hydrogen-bond donors (Lipinski definition) is 2. The predicted octanol–water partition coefficient (Wildman–Crippen LogP) is 5.17. The highest BCUT2D eigenvalue weighted by Gasteiger charge is 2.14. The fourth-order valence-corrected chi connectivity index (χ4v) is 2.55. The van der Waals surface area contributed by atoms with Crippen molar-refractivity contribution in [1.82, 2.24) is 5.32 Å². The predicted molar refractivity (Wildman–Crippen MR) is 99.3 cm³/mol. The van der Waals surface area contributed by atoms with E-state index in [4.69, 9.17) is 12.2 Å². The van der Waals surface area contributed by atoms with Crippen LogP contribution in [0.1, 0.15) is 44.9 Å². The summed E-state index contributed by atoms with van der Waals surface area (Å²) in [4.78, 5) is 0. The highest BCUT2D eigenvalue weighted by atomic mass is 32.1. The zero-order chi connectivity index (χ0) is 17.0. The topological polar surface area (TPSA) is 24.1 Å². The molecule has 0 radical (unpaired) electrons. The molecule has 0 aliphatic carbocycles. The van der Waals surface area contributed by atoms with Crippen molar-refractivity contribution in [3.8, 4) is 0 Å². The van der Waals surface area contributed by atoms with Gasteiger partial charge in [-0.25, -0.2) is 4.39 Å². The van der Waals surface area contributed by atoms with Crippen molar-refractivity contribution < 1.29 is 4.39 Å². The molecule has 23 heavy (non-hydrogen) atoms. The van der Waals surface area contributed by atoms with Crippen molar-refractivity contribution in [2.75, 3.05) is 5.32 Å². The molecule has 122 valence electrons. The standard InChI is InChI=1S/C19H23FN2S/c1-13(14-5-7-15(8-6-14)19(2,3)4)21-18(23)22-17-11-9-16(20)10-12-17/h5-13H,1-4H3,(H2,21,22,23)/t13-/m1/s1. The van der Waals surface area contributed by atoms with Gasteiger partial charge in [-0.1, -0.05) is 45.0 Å². The molecule has 0 aromatic heterocycles. The summed E-state index contributed by atoms with van der Waals surface area (Å²) >= 11 is 5.31. The number of halogens is 1. The monoisotopic (exact) mass is 330 g/mol. The van der Waals surface area contributed by atoms with E-state index in [-0.39, 0.29) is 17.3 Å². The van der Waals surface area contributed by atoms with Crippen LogP contribution in [-0.2, 0) is 5.41 Å². The van der Waals surface area contributed by atoms with Crippen LogP contribution in [0.4, 0.5) is 10.1 Å². The Morgan fingerprint density at radius 2 is 1.57 bits per heavy atom. The average Bonchev–Trinajstić information content (AvgIpc) is 2.49. The fourth-order valence-electron chi connectivity index (χ4n) is 2.25. The minimum Gasteiger partial charge on any atom is -0.356 e. The molecular formula is C19H23FN2S. The summed E-state index contributed by atoms with van der Waals surface area (Å²) in [6.45, 7) is 8.66. The maximum atomic E-state index is 12.9. The molecular weight excluding hydrogens is 307 g/mol. The molecule has 2 N–H and O–H groups in total. The maximum Gasteiger partial charge on any atom is 0.171 e. The van der Waals surface area contributed by atoms with Gasteiger partial charge in [0.2, 0.25) is 0 Å². The fraction of sp³-hybridized carbons (Fsp3) is 0.316. The van der Waals surface area contributed by atoms with Gasteiger partial charge in [-0.3, -0.25) is 0 Å². The minimum atomic E-state index is -0.262. The summed E-state index contributed by atoms with van der Waals surface area (Å²) < 4.78 is 12.9. The zero-order valence-electron chi connectivity index (χ0n) is 14.0. The highest BCUT2D eigenvalue weighted by Crippen LogP contribution is 2.24. The normalized spacial score (nSPS) is 12.6. The Bertz CT molecular complexity index is 657. The van der Waals surface area contributed by atoms with Gasteiger partial charge in [0.05, 0.1) is 6.04 Å². The van der Waals surface area contributed by atoms with E-state index in [2.05, 4.69) is 62.6 Å². The quantitative estimate of drug-likeness (QED) is 0.759. The van der Waals surface area contributed by atoms with Gasteiger partial charge in [-0.2, -0.15) is 0 Å². The molecule has 2 rings (SSSR count). The first kappa shape index (κ1) is 17.4. The largest absolute Gasteiger partial charge is 0.356 e. The van der Waals surface area contributed by atoms with E-state index in [1.165, 1.54) is 23.3 Å². The van der Waals surface area contributed by atoms with Crippen LogP contribution in [0.5, 0.6) is 0 Å². The van der Waals surface area contributed by atoms with Gasteiger partial charge in [0.1, 0.15) is 5.82 Å². The van der Waals surface area contributed by atoms with Crippen molar-refractivity contribution in [3.63, 3.8) is 0 Å². The molecule has 2 aromatic rings. The van der Waals surface area contributed by atoms with Gasteiger partial charge in [-0.05, 0) is 59.9 Å². The van der Waals surface area contributed by atoms with Gasteiger partial charge in [0.25, 0.3) is 0 Å². The van der Waals surface area contributed by atoms with E-state index in [1.54, 1.807) is 12.1 Å². The minimum absolute atomic E-state index is 0.0875. The summed E-state index contributed by atoms with van der Waals surface area (Å²) in [7, 11) is 0. The summed E-state index contributed by atoms with van der Waals surface area (Å²) in [5.41, 5.74) is 3.38. The molecule has 0 bridgehead atoms. The van der Waals surface area contributed by atoms with E-state index in [9.17, 15) is 4.39 Å². The molecule has 0 aliphatic heterocycles. The molecule has 0 unspecified atom stereocenters. The Morgan fingerprint density at radius 3 is 2.09 bits per heavy atom. The molecule has 0 heterocycles. The molecule has 0 spiro atoms. The summed E-state index contributed by atoms with van der Waals surface area (Å²) in [5, 5.41) is 6.82. The van der Waals surface area contributed by atoms with Crippen molar-refractivity contribution >= 4 is 23.0 Å². The van der Waals surface area contributed by atoms with E-state index in [1.807, 2.05) is 0 Å². The lowest BCUT2D eigenvalue weighted by Gasteiger charge is -2.21. The smallest absolute Gasteiger partial charge is 0.171 e. The van der Waals surface area contributed by atoms with Crippen LogP contribution in [0.2, 0.25) is 0 Å². The number of thiocarbonyl (C=S) groups is 1. The lowest BCUT2D eigenvalue weighted by Crippen LogP contribution is -2.30. The van der Waals surface area contributed by atoms with Crippen LogP contribution in [0.25, 0.3) is 0 Å².